The lowest BCUT2D eigenvalue weighted by atomic mass is 9.82. The Labute approximate surface area is 146 Å². The minimum Gasteiger partial charge on any atom is -0.295 e. The van der Waals surface area contributed by atoms with E-state index in [-0.39, 0.29) is 23.7 Å². The van der Waals surface area contributed by atoms with Crippen LogP contribution >= 0.6 is 0 Å². The Morgan fingerprint density at radius 1 is 1.08 bits per heavy atom. The van der Waals surface area contributed by atoms with Gasteiger partial charge in [0.25, 0.3) is 5.91 Å². The number of anilines is 1. The van der Waals surface area contributed by atoms with Crippen molar-refractivity contribution >= 4 is 34.2 Å². The summed E-state index contributed by atoms with van der Waals surface area (Å²) in [6, 6.07) is 9.16. The van der Waals surface area contributed by atoms with Crippen LogP contribution in [0.25, 0.3) is 10.8 Å². The van der Waals surface area contributed by atoms with Crippen molar-refractivity contribution in [2.75, 3.05) is 4.90 Å². The Morgan fingerprint density at radius 2 is 1.84 bits per heavy atom. The molecule has 25 heavy (non-hydrogen) atoms. The first-order chi connectivity index (χ1) is 11.8. The molecule has 1 N–H and O–H groups in total. The number of rotatable bonds is 1. The third-order valence-corrected chi connectivity index (χ3v) is 5.05. The van der Waals surface area contributed by atoms with Gasteiger partial charge in [0.2, 0.25) is 11.8 Å². The van der Waals surface area contributed by atoms with E-state index in [1.54, 1.807) is 4.90 Å². The second-order valence-electron chi connectivity index (χ2n) is 7.76. The molecule has 0 radical (unpaired) electrons. The van der Waals surface area contributed by atoms with Crippen LogP contribution in [0.3, 0.4) is 0 Å². The van der Waals surface area contributed by atoms with Crippen LogP contribution in [0, 0.1) is 0 Å². The van der Waals surface area contributed by atoms with E-state index in [0.29, 0.717) is 12.0 Å². The Balaban J connectivity index is 1.92. The second kappa shape index (κ2) is 5.15. The number of nitrogens with one attached hydrogen (secondary N) is 1. The maximum Gasteiger partial charge on any atom is 0.260 e. The zero-order valence-electron chi connectivity index (χ0n) is 14.6. The lowest BCUT2D eigenvalue weighted by molar-refractivity contribution is -0.134. The number of imide groups is 1. The molecule has 0 aromatic heterocycles. The Bertz CT molecular complexity index is 940. The van der Waals surface area contributed by atoms with E-state index in [9.17, 15) is 14.4 Å². The summed E-state index contributed by atoms with van der Waals surface area (Å²) in [6.07, 6.45) is 0.601. The van der Waals surface area contributed by atoms with Crippen molar-refractivity contribution in [3.63, 3.8) is 0 Å². The van der Waals surface area contributed by atoms with Gasteiger partial charge in [0, 0.05) is 11.8 Å². The molecule has 2 aromatic carbocycles. The minimum absolute atomic E-state index is 0.147. The van der Waals surface area contributed by atoms with Crippen molar-refractivity contribution in [1.29, 1.82) is 0 Å². The number of hydrogen-bond donors (Lipinski definition) is 1. The first-order valence-corrected chi connectivity index (χ1v) is 8.52. The van der Waals surface area contributed by atoms with Gasteiger partial charge in [-0.1, -0.05) is 45.0 Å². The molecule has 2 heterocycles. The van der Waals surface area contributed by atoms with Gasteiger partial charge in [-0.05, 0) is 28.9 Å². The summed E-state index contributed by atoms with van der Waals surface area (Å²) in [5, 5.41) is 4.26. The number of nitrogens with zero attached hydrogens (tertiary/aromatic N) is 1. The molecule has 128 valence electrons. The van der Waals surface area contributed by atoms with E-state index in [0.717, 1.165) is 22.0 Å². The highest BCUT2D eigenvalue weighted by Crippen LogP contribution is 2.43. The summed E-state index contributed by atoms with van der Waals surface area (Å²) in [5.74, 6) is -0.822. The summed E-state index contributed by atoms with van der Waals surface area (Å²) in [6.45, 7) is 6.24. The summed E-state index contributed by atoms with van der Waals surface area (Å²) in [7, 11) is 0. The topological polar surface area (TPSA) is 66.5 Å². The van der Waals surface area contributed by atoms with Gasteiger partial charge < -0.3 is 0 Å². The average molecular weight is 336 g/mol. The van der Waals surface area contributed by atoms with E-state index in [2.05, 4.69) is 26.1 Å². The fourth-order valence-corrected chi connectivity index (χ4v) is 3.88. The Hall–Kier alpha value is -2.69. The van der Waals surface area contributed by atoms with E-state index in [4.69, 9.17) is 0 Å². The van der Waals surface area contributed by atoms with E-state index < -0.39 is 11.9 Å². The monoisotopic (exact) mass is 336 g/mol. The fraction of sp³-hybridized carbons (Fsp3) is 0.350. The van der Waals surface area contributed by atoms with Gasteiger partial charge >= 0.3 is 0 Å². The molecule has 2 aliphatic rings. The lowest BCUT2D eigenvalue weighted by Crippen LogP contribution is -2.53. The average Bonchev–Trinajstić information content (AvgIpc) is 2.82. The van der Waals surface area contributed by atoms with Gasteiger partial charge in [0.1, 0.15) is 6.04 Å². The summed E-state index contributed by atoms with van der Waals surface area (Å²) in [5.41, 5.74) is 2.24. The van der Waals surface area contributed by atoms with E-state index in [1.165, 1.54) is 0 Å². The van der Waals surface area contributed by atoms with Crippen LogP contribution in [0.1, 0.15) is 49.5 Å². The van der Waals surface area contributed by atoms with Crippen LogP contribution in [0.5, 0.6) is 0 Å². The van der Waals surface area contributed by atoms with Gasteiger partial charge in [-0.15, -0.1) is 0 Å². The van der Waals surface area contributed by atoms with Gasteiger partial charge in [-0.25, -0.2) is 0 Å². The highest BCUT2D eigenvalue weighted by Gasteiger charge is 2.42. The molecule has 2 aromatic rings. The van der Waals surface area contributed by atoms with Crippen molar-refractivity contribution in [3.05, 3.63) is 41.5 Å². The molecule has 0 spiro atoms. The van der Waals surface area contributed by atoms with Crippen molar-refractivity contribution in [2.45, 2.75) is 45.1 Å². The fourth-order valence-electron chi connectivity index (χ4n) is 3.88. The third kappa shape index (κ3) is 2.26. The molecular formula is C20H20N2O3. The molecule has 0 bridgehead atoms. The number of carbonyl (C=O) groups excluding carboxylic acids is 3. The van der Waals surface area contributed by atoms with Gasteiger partial charge in [-0.3, -0.25) is 24.6 Å². The molecule has 4 rings (SSSR count). The molecule has 5 heteroatoms. The third-order valence-electron chi connectivity index (χ3n) is 5.05. The van der Waals surface area contributed by atoms with Crippen molar-refractivity contribution in [1.82, 2.24) is 5.32 Å². The number of benzene rings is 2. The molecule has 1 atom stereocenters. The van der Waals surface area contributed by atoms with Crippen LogP contribution in [0.4, 0.5) is 5.69 Å². The first kappa shape index (κ1) is 15.8. The highest BCUT2D eigenvalue weighted by molar-refractivity contribution is 6.28. The van der Waals surface area contributed by atoms with Crippen LogP contribution in [0.15, 0.2) is 30.3 Å². The first-order valence-electron chi connectivity index (χ1n) is 8.52. The largest absolute Gasteiger partial charge is 0.295 e. The zero-order valence-corrected chi connectivity index (χ0v) is 14.6. The SMILES string of the molecule is CC(C)(C)c1ccc2cccc3c2c1C(=O)N3C1CCC(=O)NC1=O. The van der Waals surface area contributed by atoms with Crippen LogP contribution < -0.4 is 10.2 Å². The predicted molar refractivity (Wildman–Crippen MR) is 95.6 cm³/mol. The summed E-state index contributed by atoms with van der Waals surface area (Å²) < 4.78 is 0. The maximum atomic E-state index is 13.3. The van der Waals surface area contributed by atoms with Crippen molar-refractivity contribution in [2.24, 2.45) is 0 Å². The Kier molecular flexibility index (Phi) is 3.26. The van der Waals surface area contributed by atoms with Crippen LogP contribution in [-0.2, 0) is 15.0 Å². The molecule has 0 aliphatic carbocycles. The maximum absolute atomic E-state index is 13.3. The summed E-state index contributed by atoms with van der Waals surface area (Å²) in [4.78, 5) is 38.7. The Morgan fingerprint density at radius 3 is 2.52 bits per heavy atom. The molecule has 1 fully saturated rings. The standard InChI is InChI=1S/C20H20N2O3/c1-20(2,3)12-8-7-11-5-4-6-13-16(11)17(12)19(25)22(13)14-9-10-15(23)21-18(14)24/h4-8,14H,9-10H2,1-3H3,(H,21,23,24). The van der Waals surface area contributed by atoms with Gasteiger partial charge in [0.15, 0.2) is 0 Å². The minimum atomic E-state index is -0.643. The quantitative estimate of drug-likeness (QED) is 0.814. The van der Waals surface area contributed by atoms with Crippen molar-refractivity contribution in [3.8, 4) is 0 Å². The summed E-state index contributed by atoms with van der Waals surface area (Å²) >= 11 is 0. The number of amides is 3. The molecule has 1 saturated heterocycles. The van der Waals surface area contributed by atoms with Crippen LogP contribution in [-0.4, -0.2) is 23.8 Å². The molecule has 5 nitrogen and oxygen atoms in total. The van der Waals surface area contributed by atoms with Gasteiger partial charge in [0.05, 0.1) is 11.3 Å². The molecule has 0 saturated carbocycles. The number of piperidine rings is 1. The molecule has 3 amide bonds. The molecule has 1 unspecified atom stereocenters. The van der Waals surface area contributed by atoms with Crippen LogP contribution in [0.2, 0.25) is 0 Å². The smallest absolute Gasteiger partial charge is 0.260 e. The van der Waals surface area contributed by atoms with E-state index in [1.807, 2.05) is 30.3 Å². The zero-order chi connectivity index (χ0) is 17.9. The normalized spacial score (nSPS) is 20.4. The molecular weight excluding hydrogens is 316 g/mol. The predicted octanol–water partition coefficient (Wildman–Crippen LogP) is 2.90. The number of hydrogen-bond acceptors (Lipinski definition) is 3. The highest BCUT2D eigenvalue weighted by atomic mass is 16.2. The lowest BCUT2D eigenvalue weighted by Gasteiger charge is -2.30. The number of carbonyl (C=O) groups is 3. The van der Waals surface area contributed by atoms with Gasteiger partial charge in [-0.2, -0.15) is 0 Å². The molecule has 2 aliphatic heterocycles. The van der Waals surface area contributed by atoms with Crippen molar-refractivity contribution < 1.29 is 14.4 Å². The van der Waals surface area contributed by atoms with E-state index >= 15 is 0 Å². The second-order valence-corrected chi connectivity index (χ2v) is 7.76.